The Kier molecular flexibility index (Phi) is 5.87. The molecule has 1 atom stereocenters. The van der Waals surface area contributed by atoms with Gasteiger partial charge in [-0.3, -0.25) is 0 Å². The van der Waals surface area contributed by atoms with Crippen molar-refractivity contribution in [3.63, 3.8) is 0 Å². The number of aryl methyl sites for hydroxylation is 3. The van der Waals surface area contributed by atoms with Crippen LogP contribution in [0.25, 0.3) is 0 Å². The Labute approximate surface area is 131 Å². The maximum Gasteiger partial charge on any atom is 0.0297 e. The number of hydrogen-bond donors (Lipinski definition) is 1. The molecule has 1 unspecified atom stereocenters. The van der Waals surface area contributed by atoms with E-state index in [0.717, 1.165) is 18.4 Å². The van der Waals surface area contributed by atoms with Gasteiger partial charge in [0.1, 0.15) is 0 Å². The molecule has 1 nitrogen and oxygen atoms in total. The fourth-order valence-electron chi connectivity index (χ4n) is 4.10. The highest BCUT2D eigenvalue weighted by molar-refractivity contribution is 5.39. The lowest BCUT2D eigenvalue weighted by Crippen LogP contribution is -2.24. The third kappa shape index (κ3) is 4.57. The van der Waals surface area contributed by atoms with Crippen LogP contribution in [-0.2, 0) is 0 Å². The monoisotopic (exact) mass is 287 g/mol. The van der Waals surface area contributed by atoms with Gasteiger partial charge in [-0.05, 0) is 69.2 Å². The van der Waals surface area contributed by atoms with Gasteiger partial charge < -0.3 is 5.32 Å². The summed E-state index contributed by atoms with van der Waals surface area (Å²) < 4.78 is 0. The summed E-state index contributed by atoms with van der Waals surface area (Å²) in [6, 6.07) is 5.08. The first-order chi connectivity index (χ1) is 9.97. The number of nitrogens with one attached hydrogen (secondary N) is 1. The van der Waals surface area contributed by atoms with E-state index in [1.54, 1.807) is 0 Å². The molecule has 1 aliphatic rings. The normalized spacial score (nSPS) is 24.0. The largest absolute Gasteiger partial charge is 0.310 e. The van der Waals surface area contributed by atoms with Crippen LogP contribution >= 0.6 is 0 Å². The first-order valence-corrected chi connectivity index (χ1v) is 8.78. The van der Waals surface area contributed by atoms with Crippen molar-refractivity contribution in [3.8, 4) is 0 Å². The molecule has 1 saturated carbocycles. The molecule has 0 aromatic heterocycles. The number of rotatable bonds is 5. The highest BCUT2D eigenvalue weighted by Gasteiger charge is 2.18. The van der Waals surface area contributed by atoms with Crippen molar-refractivity contribution < 1.29 is 0 Å². The lowest BCUT2D eigenvalue weighted by Gasteiger charge is -2.27. The van der Waals surface area contributed by atoms with Crippen LogP contribution in [0, 0.1) is 32.6 Å². The summed E-state index contributed by atoms with van der Waals surface area (Å²) in [5.74, 6) is 1.92. The zero-order valence-electron chi connectivity index (χ0n) is 14.6. The van der Waals surface area contributed by atoms with E-state index in [9.17, 15) is 0 Å². The third-order valence-corrected chi connectivity index (χ3v) is 5.31. The second-order valence-electron chi connectivity index (χ2n) is 7.40. The minimum atomic E-state index is 0.466. The van der Waals surface area contributed by atoms with Crippen molar-refractivity contribution >= 4 is 0 Å². The Hall–Kier alpha value is -0.820. The van der Waals surface area contributed by atoms with Gasteiger partial charge in [0, 0.05) is 6.04 Å². The molecular formula is C20H33N. The van der Waals surface area contributed by atoms with Crippen LogP contribution in [0.15, 0.2) is 12.1 Å². The van der Waals surface area contributed by atoms with Gasteiger partial charge >= 0.3 is 0 Å². The van der Waals surface area contributed by atoms with Crippen molar-refractivity contribution in [2.75, 3.05) is 6.54 Å². The lowest BCUT2D eigenvalue weighted by atomic mass is 9.81. The van der Waals surface area contributed by atoms with Crippen LogP contribution < -0.4 is 5.32 Å². The molecule has 118 valence electrons. The molecule has 0 radical (unpaired) electrons. The van der Waals surface area contributed by atoms with Crippen molar-refractivity contribution in [3.05, 3.63) is 34.4 Å². The highest BCUT2D eigenvalue weighted by Crippen LogP contribution is 2.30. The van der Waals surface area contributed by atoms with Crippen LogP contribution in [0.5, 0.6) is 0 Å². The van der Waals surface area contributed by atoms with Crippen LogP contribution in [-0.4, -0.2) is 6.54 Å². The van der Waals surface area contributed by atoms with Gasteiger partial charge in [0.2, 0.25) is 0 Å². The molecule has 1 aromatic rings. The molecule has 0 aliphatic heterocycles. The molecule has 0 spiro atoms. The molecule has 1 aromatic carbocycles. The van der Waals surface area contributed by atoms with E-state index in [1.807, 2.05) is 0 Å². The molecular weight excluding hydrogens is 254 g/mol. The quantitative estimate of drug-likeness (QED) is 0.756. The fourth-order valence-corrected chi connectivity index (χ4v) is 4.10. The molecule has 1 fully saturated rings. The van der Waals surface area contributed by atoms with E-state index >= 15 is 0 Å². The first kappa shape index (κ1) is 16.5. The predicted octanol–water partition coefficient (Wildman–Crippen LogP) is 5.48. The van der Waals surface area contributed by atoms with Gasteiger partial charge in [-0.15, -0.1) is 0 Å². The van der Waals surface area contributed by atoms with Gasteiger partial charge in [-0.2, -0.15) is 0 Å². The summed E-state index contributed by atoms with van der Waals surface area (Å²) in [5, 5.41) is 3.76. The maximum atomic E-state index is 3.76. The van der Waals surface area contributed by atoms with Crippen LogP contribution in [0.2, 0.25) is 0 Å². The molecule has 2 rings (SSSR count). The summed E-state index contributed by atoms with van der Waals surface area (Å²) >= 11 is 0. The van der Waals surface area contributed by atoms with Crippen LogP contribution in [0.1, 0.15) is 74.2 Å². The SMILES string of the molecule is Cc1cc(C)c(C(C)NCCC2CCC(C)CC2)c(C)c1. The molecule has 0 heterocycles. The van der Waals surface area contributed by atoms with Gasteiger partial charge in [0.05, 0.1) is 0 Å². The molecule has 0 amide bonds. The van der Waals surface area contributed by atoms with Crippen molar-refractivity contribution in [2.24, 2.45) is 11.8 Å². The zero-order valence-corrected chi connectivity index (χ0v) is 14.6. The molecule has 21 heavy (non-hydrogen) atoms. The second kappa shape index (κ2) is 7.45. The smallest absolute Gasteiger partial charge is 0.0297 e. The Bertz CT molecular complexity index is 432. The van der Waals surface area contributed by atoms with Gasteiger partial charge in [-0.1, -0.05) is 50.3 Å². The Morgan fingerprint density at radius 2 is 1.62 bits per heavy atom. The zero-order chi connectivity index (χ0) is 15.4. The fraction of sp³-hybridized carbons (Fsp3) is 0.700. The van der Waals surface area contributed by atoms with E-state index in [1.165, 1.54) is 54.4 Å². The third-order valence-electron chi connectivity index (χ3n) is 5.31. The van der Waals surface area contributed by atoms with E-state index < -0.39 is 0 Å². The second-order valence-corrected chi connectivity index (χ2v) is 7.40. The number of benzene rings is 1. The maximum absolute atomic E-state index is 3.76. The van der Waals surface area contributed by atoms with Crippen molar-refractivity contribution in [1.29, 1.82) is 0 Å². The van der Waals surface area contributed by atoms with Gasteiger partial charge in [0.25, 0.3) is 0 Å². The summed E-state index contributed by atoms with van der Waals surface area (Å²) in [6.07, 6.45) is 7.12. The molecule has 0 saturated heterocycles. The Morgan fingerprint density at radius 1 is 1.05 bits per heavy atom. The molecule has 1 aliphatic carbocycles. The summed E-state index contributed by atoms with van der Waals surface area (Å²) in [4.78, 5) is 0. The summed E-state index contributed by atoms with van der Waals surface area (Å²) in [6.45, 7) is 12.6. The minimum absolute atomic E-state index is 0.466. The topological polar surface area (TPSA) is 12.0 Å². The van der Waals surface area contributed by atoms with E-state index in [2.05, 4.69) is 52.1 Å². The number of hydrogen-bond acceptors (Lipinski definition) is 1. The molecule has 1 N–H and O–H groups in total. The van der Waals surface area contributed by atoms with Crippen molar-refractivity contribution in [1.82, 2.24) is 5.32 Å². The average Bonchev–Trinajstić information content (AvgIpc) is 2.40. The average molecular weight is 287 g/mol. The Balaban J connectivity index is 1.83. The standard InChI is InChI=1S/C20H33N/c1-14-6-8-19(9-7-14)10-11-21-18(5)20-16(3)12-15(2)13-17(20)4/h12-14,18-19,21H,6-11H2,1-5H3. The molecule has 0 bridgehead atoms. The first-order valence-electron chi connectivity index (χ1n) is 8.78. The van der Waals surface area contributed by atoms with Crippen LogP contribution in [0.4, 0.5) is 0 Å². The van der Waals surface area contributed by atoms with Crippen molar-refractivity contribution in [2.45, 2.75) is 72.8 Å². The summed E-state index contributed by atoms with van der Waals surface area (Å²) in [7, 11) is 0. The van der Waals surface area contributed by atoms with E-state index in [4.69, 9.17) is 0 Å². The summed E-state index contributed by atoms with van der Waals surface area (Å²) in [5.41, 5.74) is 5.73. The van der Waals surface area contributed by atoms with Gasteiger partial charge in [0.15, 0.2) is 0 Å². The Morgan fingerprint density at radius 3 is 2.19 bits per heavy atom. The minimum Gasteiger partial charge on any atom is -0.310 e. The van der Waals surface area contributed by atoms with E-state index in [-0.39, 0.29) is 0 Å². The highest BCUT2D eigenvalue weighted by atomic mass is 14.9. The lowest BCUT2D eigenvalue weighted by molar-refractivity contribution is 0.273. The van der Waals surface area contributed by atoms with E-state index in [0.29, 0.717) is 6.04 Å². The predicted molar refractivity (Wildman–Crippen MR) is 92.8 cm³/mol. The molecule has 1 heteroatoms. The van der Waals surface area contributed by atoms with Gasteiger partial charge in [-0.25, -0.2) is 0 Å². The van der Waals surface area contributed by atoms with Crippen LogP contribution in [0.3, 0.4) is 0 Å².